The summed E-state index contributed by atoms with van der Waals surface area (Å²) in [6, 6.07) is 14.8. The summed E-state index contributed by atoms with van der Waals surface area (Å²) in [5, 5.41) is 25.4. The molecular weight excluding hydrogens is 410 g/mol. The molecule has 0 fully saturated rings. The van der Waals surface area contributed by atoms with Crippen LogP contribution in [0.1, 0.15) is 51.1 Å². The van der Waals surface area contributed by atoms with Crippen molar-refractivity contribution in [2.75, 3.05) is 11.5 Å². The summed E-state index contributed by atoms with van der Waals surface area (Å²) in [5.41, 5.74) is 7.43. The number of amidine groups is 1. The maximum Gasteiger partial charge on any atom is 0.178 e. The van der Waals surface area contributed by atoms with Gasteiger partial charge in [-0.3, -0.25) is 0 Å². The molecule has 2 heterocycles. The van der Waals surface area contributed by atoms with Crippen LogP contribution in [0.4, 0.5) is 0 Å². The SMILES string of the molecule is CCSC1(SCC)N=C(N)[C@@]2(C#N)[C@H](c3ccccc3)NC3=C(CCCC3)[C@@]12C#N. The lowest BCUT2D eigenvalue weighted by atomic mass is 9.53. The Kier molecular flexibility index (Phi) is 5.55. The molecule has 1 aromatic rings. The van der Waals surface area contributed by atoms with E-state index in [0.717, 1.165) is 54.0 Å². The van der Waals surface area contributed by atoms with Gasteiger partial charge in [-0.25, -0.2) is 4.99 Å². The summed E-state index contributed by atoms with van der Waals surface area (Å²) in [6.07, 6.45) is 3.80. The number of thioether (sulfide) groups is 2. The summed E-state index contributed by atoms with van der Waals surface area (Å²) in [4.78, 5) is 5.00. The third-order valence-electron chi connectivity index (χ3n) is 6.57. The highest BCUT2D eigenvalue weighted by Crippen LogP contribution is 2.72. The standard InChI is InChI=1S/C23H27N5S2/c1-3-29-23(30-4-2)22(15-25)17-12-8-9-13-18(17)27-19(16-10-6-5-7-11-16)21(22,14-24)20(26)28-23/h5-7,10-11,19,27H,3-4,8-9,12-13H2,1-2H3,(H2,26,28)/t19-,21+,22+/m0/s1. The van der Waals surface area contributed by atoms with Gasteiger partial charge >= 0.3 is 0 Å². The van der Waals surface area contributed by atoms with Crippen LogP contribution in [0.25, 0.3) is 0 Å². The topological polar surface area (TPSA) is 98.0 Å². The summed E-state index contributed by atoms with van der Waals surface area (Å²) in [5.74, 6) is 1.87. The molecule has 0 radical (unpaired) electrons. The second-order valence-corrected chi connectivity index (χ2v) is 11.1. The Labute approximate surface area is 187 Å². The maximum absolute atomic E-state index is 10.9. The van der Waals surface area contributed by atoms with Crippen LogP contribution in [0.3, 0.4) is 0 Å². The van der Waals surface area contributed by atoms with Crippen LogP contribution in [0.15, 0.2) is 46.6 Å². The molecular formula is C23H27N5S2. The third kappa shape index (κ3) is 2.52. The van der Waals surface area contributed by atoms with E-state index < -0.39 is 21.1 Å². The fourth-order valence-electron chi connectivity index (χ4n) is 5.45. The Morgan fingerprint density at radius 2 is 1.77 bits per heavy atom. The third-order valence-corrected chi connectivity index (χ3v) is 9.43. The second kappa shape index (κ2) is 7.87. The first kappa shape index (κ1) is 21.2. The molecule has 3 aliphatic rings. The lowest BCUT2D eigenvalue weighted by Gasteiger charge is -2.54. The molecule has 3 atom stereocenters. The zero-order valence-corrected chi connectivity index (χ0v) is 19.1. The number of fused-ring (bicyclic) bond motifs is 2. The average molecular weight is 438 g/mol. The number of aliphatic imine (C=N–C) groups is 1. The molecule has 0 saturated heterocycles. The largest absolute Gasteiger partial charge is 0.386 e. The number of rotatable bonds is 5. The summed E-state index contributed by atoms with van der Waals surface area (Å²) in [7, 11) is 0. The van der Waals surface area contributed by atoms with Crippen molar-refractivity contribution in [1.29, 1.82) is 10.5 Å². The van der Waals surface area contributed by atoms with Gasteiger partial charge in [0, 0.05) is 5.70 Å². The smallest absolute Gasteiger partial charge is 0.178 e. The molecule has 7 heteroatoms. The quantitative estimate of drug-likeness (QED) is 0.647. The Bertz CT molecular complexity index is 968. The van der Waals surface area contributed by atoms with Crippen LogP contribution in [-0.2, 0) is 0 Å². The molecule has 4 rings (SSSR count). The van der Waals surface area contributed by atoms with Crippen molar-refractivity contribution in [2.24, 2.45) is 21.6 Å². The summed E-state index contributed by atoms with van der Waals surface area (Å²) >= 11 is 3.30. The number of nitrogens with two attached hydrogens (primary N) is 1. The molecule has 1 aliphatic carbocycles. The highest BCUT2D eigenvalue weighted by molar-refractivity contribution is 8.18. The van der Waals surface area contributed by atoms with E-state index in [1.54, 1.807) is 23.5 Å². The van der Waals surface area contributed by atoms with Gasteiger partial charge in [0.1, 0.15) is 5.84 Å². The fraction of sp³-hybridized carbons (Fsp3) is 0.522. The van der Waals surface area contributed by atoms with Crippen LogP contribution in [0.2, 0.25) is 0 Å². The number of allylic oxidation sites excluding steroid dienone is 1. The minimum atomic E-state index is -1.26. The molecule has 0 bridgehead atoms. The van der Waals surface area contributed by atoms with E-state index in [4.69, 9.17) is 10.7 Å². The minimum absolute atomic E-state index is 0.284. The van der Waals surface area contributed by atoms with Crippen molar-refractivity contribution in [3.63, 3.8) is 0 Å². The van der Waals surface area contributed by atoms with Gasteiger partial charge in [-0.2, -0.15) is 10.5 Å². The van der Waals surface area contributed by atoms with Gasteiger partial charge < -0.3 is 11.1 Å². The van der Waals surface area contributed by atoms with Gasteiger partial charge in [-0.15, -0.1) is 23.5 Å². The van der Waals surface area contributed by atoms with Crippen molar-refractivity contribution in [1.82, 2.24) is 5.32 Å². The Hall–Kier alpha value is -2.09. The number of nitriles is 2. The molecule has 3 N–H and O–H groups in total. The van der Waals surface area contributed by atoms with Crippen LogP contribution in [0.5, 0.6) is 0 Å². The maximum atomic E-state index is 10.9. The second-order valence-electron chi connectivity index (χ2n) is 7.88. The predicted molar refractivity (Wildman–Crippen MR) is 125 cm³/mol. The molecule has 0 unspecified atom stereocenters. The molecule has 1 aromatic carbocycles. The van der Waals surface area contributed by atoms with Gasteiger partial charge in [-0.1, -0.05) is 44.2 Å². The number of hydrogen-bond acceptors (Lipinski definition) is 7. The van der Waals surface area contributed by atoms with Crippen LogP contribution in [0, 0.1) is 33.5 Å². The van der Waals surface area contributed by atoms with Crippen molar-refractivity contribution in [3.05, 3.63) is 47.2 Å². The molecule has 5 nitrogen and oxygen atoms in total. The van der Waals surface area contributed by atoms with Gasteiger partial charge in [0.2, 0.25) is 0 Å². The molecule has 0 saturated carbocycles. The number of hydrogen-bond donors (Lipinski definition) is 2. The average Bonchev–Trinajstić information content (AvgIpc) is 2.99. The zero-order valence-electron chi connectivity index (χ0n) is 17.4. The van der Waals surface area contributed by atoms with E-state index >= 15 is 0 Å². The van der Waals surface area contributed by atoms with Gasteiger partial charge in [0.15, 0.2) is 15.0 Å². The van der Waals surface area contributed by atoms with E-state index in [-0.39, 0.29) is 5.84 Å². The first-order chi connectivity index (χ1) is 14.6. The van der Waals surface area contributed by atoms with E-state index in [2.05, 4.69) is 31.3 Å². The first-order valence-corrected chi connectivity index (χ1v) is 12.5. The van der Waals surface area contributed by atoms with Crippen LogP contribution < -0.4 is 11.1 Å². The van der Waals surface area contributed by atoms with Crippen LogP contribution >= 0.6 is 23.5 Å². The van der Waals surface area contributed by atoms with Gasteiger partial charge in [0.25, 0.3) is 0 Å². The normalized spacial score (nSPS) is 31.6. The Morgan fingerprint density at radius 1 is 1.10 bits per heavy atom. The minimum Gasteiger partial charge on any atom is -0.386 e. The van der Waals surface area contributed by atoms with Gasteiger partial charge in [0.05, 0.1) is 18.2 Å². The van der Waals surface area contributed by atoms with Crippen molar-refractivity contribution in [3.8, 4) is 12.1 Å². The molecule has 0 amide bonds. The monoisotopic (exact) mass is 437 g/mol. The van der Waals surface area contributed by atoms with Crippen molar-refractivity contribution < 1.29 is 0 Å². The lowest BCUT2D eigenvalue weighted by molar-refractivity contribution is 0.185. The molecule has 0 spiro atoms. The van der Waals surface area contributed by atoms with E-state index in [1.807, 2.05) is 30.3 Å². The summed E-state index contributed by atoms with van der Waals surface area (Å²) in [6.45, 7) is 4.16. The lowest BCUT2D eigenvalue weighted by Crippen LogP contribution is -2.62. The highest BCUT2D eigenvalue weighted by atomic mass is 32.2. The Morgan fingerprint density at radius 3 is 2.37 bits per heavy atom. The van der Waals surface area contributed by atoms with Crippen molar-refractivity contribution >= 4 is 29.4 Å². The number of nitrogens with zero attached hydrogens (tertiary/aromatic N) is 3. The Balaban J connectivity index is 2.09. The van der Waals surface area contributed by atoms with E-state index in [1.165, 1.54) is 0 Å². The zero-order chi connectivity index (χ0) is 21.4. The number of benzene rings is 1. The van der Waals surface area contributed by atoms with E-state index in [0.29, 0.717) is 0 Å². The molecule has 30 heavy (non-hydrogen) atoms. The van der Waals surface area contributed by atoms with Crippen molar-refractivity contribution in [2.45, 2.75) is 49.8 Å². The van der Waals surface area contributed by atoms with E-state index in [9.17, 15) is 10.5 Å². The van der Waals surface area contributed by atoms with Gasteiger partial charge in [-0.05, 0) is 48.3 Å². The van der Waals surface area contributed by atoms with Crippen LogP contribution in [-0.4, -0.2) is 21.5 Å². The first-order valence-electron chi connectivity index (χ1n) is 10.6. The molecule has 0 aromatic heterocycles. The highest BCUT2D eigenvalue weighted by Gasteiger charge is 2.77. The fourth-order valence-corrected chi connectivity index (χ4v) is 8.69. The predicted octanol–water partition coefficient (Wildman–Crippen LogP) is 4.71. The summed E-state index contributed by atoms with van der Waals surface area (Å²) < 4.78 is -0.821. The molecule has 156 valence electrons. The number of nitrogens with one attached hydrogen (secondary N) is 1. The molecule has 2 aliphatic heterocycles.